The summed E-state index contributed by atoms with van der Waals surface area (Å²) in [5.41, 5.74) is 0.0992. The molecule has 0 unspecified atom stereocenters. The van der Waals surface area contributed by atoms with Crippen LogP contribution in [0.25, 0.3) is 0 Å². The van der Waals surface area contributed by atoms with Gasteiger partial charge in [-0.1, -0.05) is 5.92 Å². The van der Waals surface area contributed by atoms with Gasteiger partial charge in [0.1, 0.15) is 5.82 Å². The number of hydrogen-bond donors (Lipinski definition) is 1. The van der Waals surface area contributed by atoms with Crippen LogP contribution in [0.5, 0.6) is 0 Å². The summed E-state index contributed by atoms with van der Waals surface area (Å²) in [6.07, 6.45) is 0. The number of nitrogens with zero attached hydrogens (tertiary/aromatic N) is 1. The number of sulfone groups is 1. The van der Waals surface area contributed by atoms with E-state index in [1.54, 1.807) is 20.8 Å². The number of methoxy groups -OCH3 is 1. The van der Waals surface area contributed by atoms with Gasteiger partial charge in [-0.3, -0.25) is 5.32 Å². The number of aromatic nitrogens is 1. The molecular weight excluding hydrogens is 280 g/mol. The minimum absolute atomic E-state index is 0.0992. The van der Waals surface area contributed by atoms with Gasteiger partial charge in [-0.25, -0.2) is 18.2 Å². The lowest BCUT2D eigenvalue weighted by Crippen LogP contribution is -2.17. The first-order chi connectivity index (χ1) is 9.32. The van der Waals surface area contributed by atoms with Crippen LogP contribution in [-0.4, -0.2) is 31.7 Å². The molecule has 0 saturated heterocycles. The number of pyridine rings is 1. The Bertz CT molecular complexity index is 669. The van der Waals surface area contributed by atoms with Crippen molar-refractivity contribution in [2.75, 3.05) is 12.4 Å². The molecule has 1 N–H and O–H groups in total. The second-order valence-corrected chi connectivity index (χ2v) is 6.62. The van der Waals surface area contributed by atoms with Crippen molar-refractivity contribution in [3.63, 3.8) is 0 Å². The quantitative estimate of drug-likeness (QED) is 0.514. The van der Waals surface area contributed by atoms with Crippen molar-refractivity contribution in [1.29, 1.82) is 0 Å². The molecule has 108 valence electrons. The molecule has 1 aromatic rings. The molecule has 0 amide bonds. The number of nitrogens with one attached hydrogen (secondary N) is 1. The SMILES string of the molecule is CC#CNc1cc(C(=O)OC)cc(S(=O)(=O)C(C)C)n1. The molecule has 0 aliphatic heterocycles. The van der Waals surface area contributed by atoms with Crippen LogP contribution in [0.2, 0.25) is 0 Å². The zero-order valence-electron chi connectivity index (χ0n) is 11.7. The largest absolute Gasteiger partial charge is 0.465 e. The van der Waals surface area contributed by atoms with Gasteiger partial charge in [0.15, 0.2) is 14.9 Å². The van der Waals surface area contributed by atoms with E-state index < -0.39 is 21.1 Å². The highest BCUT2D eigenvalue weighted by Crippen LogP contribution is 2.19. The molecule has 0 fully saturated rings. The second-order valence-electron chi connectivity index (χ2n) is 4.16. The molecule has 0 aliphatic rings. The molecule has 0 aromatic carbocycles. The summed E-state index contributed by atoms with van der Waals surface area (Å²) in [7, 11) is -2.38. The van der Waals surface area contributed by atoms with Crippen molar-refractivity contribution < 1.29 is 17.9 Å². The molecule has 6 nitrogen and oxygen atoms in total. The first-order valence-electron chi connectivity index (χ1n) is 5.85. The fraction of sp³-hybridized carbons (Fsp3) is 0.385. The van der Waals surface area contributed by atoms with Gasteiger partial charge >= 0.3 is 5.97 Å². The smallest absolute Gasteiger partial charge is 0.338 e. The van der Waals surface area contributed by atoms with Crippen molar-refractivity contribution in [3.8, 4) is 12.0 Å². The summed E-state index contributed by atoms with van der Waals surface area (Å²) in [6.45, 7) is 4.70. The normalized spacial score (nSPS) is 10.7. The number of hydrogen-bond acceptors (Lipinski definition) is 6. The van der Waals surface area contributed by atoms with Gasteiger partial charge < -0.3 is 4.74 Å². The predicted octanol–water partition coefficient (Wildman–Crippen LogP) is 1.44. The van der Waals surface area contributed by atoms with E-state index in [2.05, 4.69) is 27.0 Å². The highest BCUT2D eigenvalue weighted by atomic mass is 32.2. The monoisotopic (exact) mass is 296 g/mol. The lowest BCUT2D eigenvalue weighted by atomic mass is 10.2. The molecular formula is C13H16N2O4S. The number of carbonyl (C=O) groups is 1. The summed E-state index contributed by atoms with van der Waals surface area (Å²) in [5.74, 6) is 2.14. The maximum atomic E-state index is 12.1. The molecule has 0 bridgehead atoms. The zero-order valence-corrected chi connectivity index (χ0v) is 12.5. The standard InChI is InChI=1S/C13H16N2O4S/c1-5-6-14-11-7-10(13(16)19-4)8-12(15-11)20(17,18)9(2)3/h7-9H,1-4H3,(H,14,15). The summed E-state index contributed by atoms with van der Waals surface area (Å²) in [5, 5.41) is 1.79. The molecule has 1 rings (SSSR count). The van der Waals surface area contributed by atoms with Crippen LogP contribution in [0.15, 0.2) is 17.2 Å². The lowest BCUT2D eigenvalue weighted by molar-refractivity contribution is 0.0600. The van der Waals surface area contributed by atoms with Crippen LogP contribution in [0.4, 0.5) is 5.82 Å². The van der Waals surface area contributed by atoms with Gasteiger partial charge in [0.05, 0.1) is 17.9 Å². The maximum absolute atomic E-state index is 12.1. The molecule has 20 heavy (non-hydrogen) atoms. The van der Waals surface area contributed by atoms with E-state index in [0.717, 1.165) is 0 Å². The van der Waals surface area contributed by atoms with Crippen molar-refractivity contribution in [2.24, 2.45) is 0 Å². The molecule has 1 aromatic heterocycles. The highest BCUT2D eigenvalue weighted by molar-refractivity contribution is 7.91. The van der Waals surface area contributed by atoms with E-state index in [1.165, 1.54) is 19.2 Å². The Morgan fingerprint density at radius 1 is 1.40 bits per heavy atom. The number of esters is 1. The third-order valence-corrected chi connectivity index (χ3v) is 4.48. The predicted molar refractivity (Wildman–Crippen MR) is 75.0 cm³/mol. The van der Waals surface area contributed by atoms with Crippen LogP contribution >= 0.6 is 0 Å². The molecule has 7 heteroatoms. The van der Waals surface area contributed by atoms with Gasteiger partial charge in [-0.05, 0) is 32.9 Å². The van der Waals surface area contributed by atoms with E-state index in [9.17, 15) is 13.2 Å². The number of ether oxygens (including phenoxy) is 1. The average Bonchev–Trinajstić information content (AvgIpc) is 2.43. The van der Waals surface area contributed by atoms with E-state index >= 15 is 0 Å². The Morgan fingerprint density at radius 3 is 2.55 bits per heavy atom. The Hall–Kier alpha value is -2.07. The van der Waals surface area contributed by atoms with E-state index in [-0.39, 0.29) is 16.4 Å². The molecule has 1 heterocycles. The summed E-state index contributed by atoms with van der Waals surface area (Å²) < 4.78 is 28.9. The van der Waals surface area contributed by atoms with Crippen molar-refractivity contribution in [2.45, 2.75) is 31.0 Å². The summed E-state index contributed by atoms with van der Waals surface area (Å²) in [6, 6.07) is 5.13. The van der Waals surface area contributed by atoms with Gasteiger partial charge in [0.2, 0.25) is 0 Å². The second kappa shape index (κ2) is 6.39. The van der Waals surface area contributed by atoms with Crippen LogP contribution in [0.3, 0.4) is 0 Å². The van der Waals surface area contributed by atoms with Crippen LogP contribution in [0.1, 0.15) is 31.1 Å². The van der Waals surface area contributed by atoms with Gasteiger partial charge in [-0.2, -0.15) is 0 Å². The van der Waals surface area contributed by atoms with Gasteiger partial charge in [0, 0.05) is 6.04 Å². The van der Waals surface area contributed by atoms with E-state index in [0.29, 0.717) is 0 Å². The third-order valence-electron chi connectivity index (χ3n) is 2.45. The van der Waals surface area contributed by atoms with Crippen molar-refractivity contribution >= 4 is 21.6 Å². The number of anilines is 1. The molecule has 0 spiro atoms. The highest BCUT2D eigenvalue weighted by Gasteiger charge is 2.23. The Labute approximate surface area is 118 Å². The third kappa shape index (κ3) is 3.48. The number of rotatable bonds is 4. The van der Waals surface area contributed by atoms with Crippen molar-refractivity contribution in [3.05, 3.63) is 17.7 Å². The molecule has 0 saturated carbocycles. The minimum Gasteiger partial charge on any atom is -0.465 e. The van der Waals surface area contributed by atoms with Gasteiger partial charge in [0.25, 0.3) is 0 Å². The van der Waals surface area contributed by atoms with E-state index in [1.807, 2.05) is 0 Å². The van der Waals surface area contributed by atoms with Crippen LogP contribution in [0, 0.1) is 12.0 Å². The fourth-order valence-electron chi connectivity index (χ4n) is 1.32. The minimum atomic E-state index is -3.60. The average molecular weight is 296 g/mol. The Morgan fingerprint density at radius 2 is 2.05 bits per heavy atom. The molecule has 0 radical (unpaired) electrons. The van der Waals surface area contributed by atoms with Crippen LogP contribution < -0.4 is 5.32 Å². The lowest BCUT2D eigenvalue weighted by Gasteiger charge is -2.10. The number of carbonyl (C=O) groups excluding carboxylic acids is 1. The van der Waals surface area contributed by atoms with E-state index in [4.69, 9.17) is 0 Å². The fourth-order valence-corrected chi connectivity index (χ4v) is 2.32. The van der Waals surface area contributed by atoms with Crippen LogP contribution in [-0.2, 0) is 14.6 Å². The topological polar surface area (TPSA) is 85.4 Å². The summed E-state index contributed by atoms with van der Waals surface area (Å²) >= 11 is 0. The molecule has 0 atom stereocenters. The maximum Gasteiger partial charge on any atom is 0.338 e. The first-order valence-corrected chi connectivity index (χ1v) is 7.39. The summed E-state index contributed by atoms with van der Waals surface area (Å²) in [4.78, 5) is 15.6. The zero-order chi connectivity index (χ0) is 15.3. The Kier molecular flexibility index (Phi) is 5.11. The molecule has 0 aliphatic carbocycles. The van der Waals surface area contributed by atoms with Gasteiger partial charge in [-0.15, -0.1) is 0 Å². The first kappa shape index (κ1) is 16.0. The Balaban J connectivity index is 3.43. The van der Waals surface area contributed by atoms with Crippen molar-refractivity contribution in [1.82, 2.24) is 4.98 Å².